The van der Waals surface area contributed by atoms with Gasteiger partial charge in [-0.2, -0.15) is 0 Å². The van der Waals surface area contributed by atoms with Crippen LogP contribution in [0, 0.1) is 0 Å². The molecule has 0 radical (unpaired) electrons. The summed E-state index contributed by atoms with van der Waals surface area (Å²) in [5.74, 6) is -0.328. The molecule has 2 unspecified atom stereocenters. The lowest BCUT2D eigenvalue weighted by atomic mass is 10.2. The third kappa shape index (κ3) is 4.85. The largest absolute Gasteiger partial charge is 0.467 e. The normalized spacial score (nSPS) is 15.1. The van der Waals surface area contributed by atoms with Crippen LogP contribution in [-0.4, -0.2) is 39.0 Å². The number of hydrogen-bond donors (Lipinski definition) is 0. The Morgan fingerprint density at radius 3 is 2.38 bits per heavy atom. The Morgan fingerprint density at radius 1 is 1.38 bits per heavy atom. The molecule has 0 amide bonds. The Labute approximate surface area is 79.2 Å². The Balaban J connectivity index is 3.89. The zero-order valence-electron chi connectivity index (χ0n) is 8.70. The molecule has 0 aliphatic heterocycles. The SMILES string of the molecule is CCC(OC(C)COC)C(=O)OC. The van der Waals surface area contributed by atoms with Crippen molar-refractivity contribution in [1.82, 2.24) is 0 Å². The van der Waals surface area contributed by atoms with Crippen LogP contribution in [0.4, 0.5) is 0 Å². The van der Waals surface area contributed by atoms with E-state index in [-0.39, 0.29) is 12.1 Å². The Bertz CT molecular complexity index is 147. The summed E-state index contributed by atoms with van der Waals surface area (Å²) in [5.41, 5.74) is 0. The van der Waals surface area contributed by atoms with Gasteiger partial charge in [0.05, 0.1) is 19.8 Å². The highest BCUT2D eigenvalue weighted by Crippen LogP contribution is 2.04. The van der Waals surface area contributed by atoms with Gasteiger partial charge in [-0.1, -0.05) is 6.92 Å². The molecular weight excluding hydrogens is 172 g/mol. The van der Waals surface area contributed by atoms with Crippen molar-refractivity contribution in [1.29, 1.82) is 0 Å². The van der Waals surface area contributed by atoms with E-state index in [0.717, 1.165) is 0 Å². The van der Waals surface area contributed by atoms with Gasteiger partial charge in [0.25, 0.3) is 0 Å². The van der Waals surface area contributed by atoms with Gasteiger partial charge < -0.3 is 14.2 Å². The highest BCUT2D eigenvalue weighted by molar-refractivity contribution is 5.74. The van der Waals surface area contributed by atoms with Crippen LogP contribution in [0.5, 0.6) is 0 Å². The lowest BCUT2D eigenvalue weighted by molar-refractivity contribution is -0.159. The van der Waals surface area contributed by atoms with Gasteiger partial charge >= 0.3 is 5.97 Å². The second kappa shape index (κ2) is 6.86. The van der Waals surface area contributed by atoms with E-state index < -0.39 is 6.10 Å². The molecule has 0 fully saturated rings. The van der Waals surface area contributed by atoms with E-state index in [1.807, 2.05) is 13.8 Å². The van der Waals surface area contributed by atoms with Gasteiger partial charge in [-0.3, -0.25) is 0 Å². The first-order chi connectivity index (χ1) is 6.15. The number of carbonyl (C=O) groups excluding carboxylic acids is 1. The summed E-state index contributed by atoms with van der Waals surface area (Å²) < 4.78 is 14.9. The van der Waals surface area contributed by atoms with Crippen molar-refractivity contribution in [2.45, 2.75) is 32.5 Å². The summed E-state index contributed by atoms with van der Waals surface area (Å²) in [6.45, 7) is 4.21. The van der Waals surface area contributed by atoms with Gasteiger partial charge in [-0.25, -0.2) is 4.79 Å². The second-order valence-corrected chi connectivity index (χ2v) is 2.82. The van der Waals surface area contributed by atoms with E-state index >= 15 is 0 Å². The number of esters is 1. The van der Waals surface area contributed by atoms with Crippen LogP contribution in [0.1, 0.15) is 20.3 Å². The molecule has 0 saturated carbocycles. The molecule has 78 valence electrons. The molecule has 0 rings (SSSR count). The molecule has 4 heteroatoms. The fourth-order valence-electron chi connectivity index (χ4n) is 1.00. The summed E-state index contributed by atoms with van der Waals surface area (Å²) in [4.78, 5) is 11.1. The highest BCUT2D eigenvalue weighted by atomic mass is 16.6. The maximum atomic E-state index is 11.1. The van der Waals surface area contributed by atoms with Crippen molar-refractivity contribution in [3.63, 3.8) is 0 Å². The maximum Gasteiger partial charge on any atom is 0.334 e. The first-order valence-electron chi connectivity index (χ1n) is 4.37. The molecular formula is C9H18O4. The average molecular weight is 190 g/mol. The lowest BCUT2D eigenvalue weighted by Crippen LogP contribution is -2.30. The number of rotatable bonds is 6. The first kappa shape index (κ1) is 12.4. The maximum absolute atomic E-state index is 11.1. The quantitative estimate of drug-likeness (QED) is 0.586. The minimum Gasteiger partial charge on any atom is -0.467 e. The van der Waals surface area contributed by atoms with Gasteiger partial charge in [0.15, 0.2) is 6.10 Å². The zero-order valence-corrected chi connectivity index (χ0v) is 8.70. The molecule has 2 atom stereocenters. The standard InChI is InChI=1S/C9H18O4/c1-5-8(9(10)12-4)13-7(2)6-11-3/h7-8H,5-6H2,1-4H3. The van der Waals surface area contributed by atoms with Crippen LogP contribution in [0.25, 0.3) is 0 Å². The highest BCUT2D eigenvalue weighted by Gasteiger charge is 2.19. The van der Waals surface area contributed by atoms with E-state index in [4.69, 9.17) is 9.47 Å². The van der Waals surface area contributed by atoms with Crippen LogP contribution >= 0.6 is 0 Å². The minimum absolute atomic E-state index is 0.0888. The van der Waals surface area contributed by atoms with Crippen molar-refractivity contribution >= 4 is 5.97 Å². The third-order valence-electron chi connectivity index (χ3n) is 1.63. The fourth-order valence-corrected chi connectivity index (χ4v) is 1.00. The van der Waals surface area contributed by atoms with Crippen LogP contribution in [0.15, 0.2) is 0 Å². The smallest absolute Gasteiger partial charge is 0.334 e. The van der Waals surface area contributed by atoms with Crippen molar-refractivity contribution in [2.24, 2.45) is 0 Å². The van der Waals surface area contributed by atoms with E-state index in [9.17, 15) is 4.79 Å². The Kier molecular flexibility index (Phi) is 6.54. The van der Waals surface area contributed by atoms with Crippen LogP contribution in [-0.2, 0) is 19.0 Å². The molecule has 0 aliphatic carbocycles. The lowest BCUT2D eigenvalue weighted by Gasteiger charge is -2.18. The number of carbonyl (C=O) groups is 1. The summed E-state index contributed by atoms with van der Waals surface area (Å²) in [6, 6.07) is 0. The fraction of sp³-hybridized carbons (Fsp3) is 0.889. The first-order valence-corrected chi connectivity index (χ1v) is 4.37. The number of hydrogen-bond acceptors (Lipinski definition) is 4. The molecule has 0 aliphatic rings. The molecule has 0 aromatic heterocycles. The van der Waals surface area contributed by atoms with Crippen LogP contribution in [0.2, 0.25) is 0 Å². The number of ether oxygens (including phenoxy) is 3. The molecule has 0 N–H and O–H groups in total. The molecule has 13 heavy (non-hydrogen) atoms. The van der Waals surface area contributed by atoms with Gasteiger partial charge in [-0.15, -0.1) is 0 Å². The second-order valence-electron chi connectivity index (χ2n) is 2.82. The average Bonchev–Trinajstić information content (AvgIpc) is 2.13. The molecule has 0 aromatic carbocycles. The van der Waals surface area contributed by atoms with Crippen LogP contribution in [0.3, 0.4) is 0 Å². The van der Waals surface area contributed by atoms with Crippen molar-refractivity contribution in [3.05, 3.63) is 0 Å². The van der Waals surface area contributed by atoms with E-state index in [2.05, 4.69) is 4.74 Å². The molecule has 4 nitrogen and oxygen atoms in total. The summed E-state index contributed by atoms with van der Waals surface area (Å²) in [6.07, 6.45) is 0.0463. The molecule has 0 saturated heterocycles. The van der Waals surface area contributed by atoms with Crippen molar-refractivity contribution < 1.29 is 19.0 Å². The third-order valence-corrected chi connectivity index (χ3v) is 1.63. The van der Waals surface area contributed by atoms with Gasteiger partial charge in [0.2, 0.25) is 0 Å². The van der Waals surface area contributed by atoms with Gasteiger partial charge in [0.1, 0.15) is 0 Å². The predicted molar refractivity (Wildman–Crippen MR) is 48.5 cm³/mol. The van der Waals surface area contributed by atoms with Gasteiger partial charge in [0, 0.05) is 7.11 Å². The van der Waals surface area contributed by atoms with E-state index in [1.165, 1.54) is 7.11 Å². The zero-order chi connectivity index (χ0) is 10.3. The Morgan fingerprint density at radius 2 is 2.00 bits per heavy atom. The minimum atomic E-state index is -0.477. The summed E-state index contributed by atoms with van der Waals surface area (Å²) in [5, 5.41) is 0. The van der Waals surface area contributed by atoms with Crippen molar-refractivity contribution in [3.8, 4) is 0 Å². The summed E-state index contributed by atoms with van der Waals surface area (Å²) in [7, 11) is 2.95. The number of methoxy groups -OCH3 is 2. The van der Waals surface area contributed by atoms with Gasteiger partial charge in [-0.05, 0) is 13.3 Å². The molecule has 0 spiro atoms. The molecule has 0 bridgehead atoms. The summed E-state index contributed by atoms with van der Waals surface area (Å²) >= 11 is 0. The van der Waals surface area contributed by atoms with E-state index in [1.54, 1.807) is 7.11 Å². The van der Waals surface area contributed by atoms with E-state index in [0.29, 0.717) is 13.0 Å². The monoisotopic (exact) mass is 190 g/mol. The molecule has 0 heterocycles. The van der Waals surface area contributed by atoms with Crippen LogP contribution < -0.4 is 0 Å². The topological polar surface area (TPSA) is 44.8 Å². The predicted octanol–water partition coefficient (Wildman–Crippen LogP) is 0.990. The van der Waals surface area contributed by atoms with Crippen molar-refractivity contribution in [2.75, 3.05) is 20.8 Å². The molecule has 0 aromatic rings. The Hall–Kier alpha value is -0.610.